The summed E-state index contributed by atoms with van der Waals surface area (Å²) in [6.07, 6.45) is 1.94. The van der Waals surface area contributed by atoms with Gasteiger partial charge in [0.2, 0.25) is 5.91 Å². The Hall–Kier alpha value is -2.69. The van der Waals surface area contributed by atoms with Crippen LogP contribution in [0, 0.1) is 12.7 Å². The molecule has 0 spiro atoms. The molecule has 2 aromatic rings. The molecule has 0 bridgehead atoms. The smallest absolute Gasteiger partial charge is 0.254 e. The van der Waals surface area contributed by atoms with E-state index in [4.69, 9.17) is 0 Å². The van der Waals surface area contributed by atoms with E-state index in [1.54, 1.807) is 17.0 Å². The molecule has 27 heavy (non-hydrogen) atoms. The van der Waals surface area contributed by atoms with E-state index in [1.807, 2.05) is 17.0 Å². The molecular weight excluding hydrogens is 343 g/mol. The van der Waals surface area contributed by atoms with Crippen molar-refractivity contribution < 1.29 is 14.0 Å². The number of aryl methyl sites for hydroxylation is 2. The van der Waals surface area contributed by atoms with Crippen LogP contribution >= 0.6 is 0 Å². The van der Waals surface area contributed by atoms with Crippen molar-refractivity contribution in [1.82, 2.24) is 9.80 Å². The maximum atomic E-state index is 13.4. The van der Waals surface area contributed by atoms with Crippen molar-refractivity contribution in [1.29, 1.82) is 0 Å². The lowest BCUT2D eigenvalue weighted by atomic mass is 10.0. The normalized spacial score (nSPS) is 14.7. The molecule has 142 valence electrons. The minimum atomic E-state index is -0.413. The SMILES string of the molecule is Cc1ccccc1CCC(=O)N1CCCN(C(=O)c2cccc(F)c2)CC1. The molecule has 0 radical (unpaired) electrons. The van der Waals surface area contributed by atoms with E-state index < -0.39 is 5.82 Å². The van der Waals surface area contributed by atoms with Crippen molar-refractivity contribution in [2.45, 2.75) is 26.2 Å². The number of carbonyl (C=O) groups excluding carboxylic acids is 2. The molecule has 1 saturated heterocycles. The second kappa shape index (κ2) is 8.80. The summed E-state index contributed by atoms with van der Waals surface area (Å²) in [7, 11) is 0. The van der Waals surface area contributed by atoms with Crippen LogP contribution in [0.15, 0.2) is 48.5 Å². The number of hydrogen-bond acceptors (Lipinski definition) is 2. The quantitative estimate of drug-likeness (QED) is 0.829. The van der Waals surface area contributed by atoms with Gasteiger partial charge in [-0.25, -0.2) is 4.39 Å². The van der Waals surface area contributed by atoms with Gasteiger partial charge in [0.25, 0.3) is 5.91 Å². The summed E-state index contributed by atoms with van der Waals surface area (Å²) in [4.78, 5) is 28.7. The van der Waals surface area contributed by atoms with Gasteiger partial charge in [-0.15, -0.1) is 0 Å². The highest BCUT2D eigenvalue weighted by molar-refractivity contribution is 5.94. The first-order valence-electron chi connectivity index (χ1n) is 9.42. The lowest BCUT2D eigenvalue weighted by Crippen LogP contribution is -2.37. The van der Waals surface area contributed by atoms with Crippen LogP contribution in [-0.4, -0.2) is 47.8 Å². The van der Waals surface area contributed by atoms with Crippen LogP contribution < -0.4 is 0 Å². The minimum Gasteiger partial charge on any atom is -0.341 e. The average Bonchev–Trinajstić information content (AvgIpc) is 2.93. The number of rotatable bonds is 4. The van der Waals surface area contributed by atoms with E-state index in [0.29, 0.717) is 38.2 Å². The fourth-order valence-corrected chi connectivity index (χ4v) is 3.46. The molecule has 2 aromatic carbocycles. The monoisotopic (exact) mass is 368 g/mol. The predicted molar refractivity (Wildman–Crippen MR) is 103 cm³/mol. The van der Waals surface area contributed by atoms with Gasteiger partial charge >= 0.3 is 0 Å². The van der Waals surface area contributed by atoms with Gasteiger partial charge < -0.3 is 9.80 Å². The van der Waals surface area contributed by atoms with Gasteiger partial charge in [-0.1, -0.05) is 30.3 Å². The van der Waals surface area contributed by atoms with E-state index in [-0.39, 0.29) is 11.8 Å². The van der Waals surface area contributed by atoms with Crippen LogP contribution in [0.5, 0.6) is 0 Å². The molecule has 2 amide bonds. The zero-order chi connectivity index (χ0) is 19.2. The molecule has 5 heteroatoms. The van der Waals surface area contributed by atoms with Crippen molar-refractivity contribution in [3.63, 3.8) is 0 Å². The van der Waals surface area contributed by atoms with Gasteiger partial charge in [0, 0.05) is 38.2 Å². The number of amides is 2. The molecule has 0 saturated carbocycles. The standard InChI is InChI=1S/C22H25FN2O2/c1-17-6-2-3-7-18(17)10-11-21(26)24-12-5-13-25(15-14-24)22(27)19-8-4-9-20(23)16-19/h2-4,6-9,16H,5,10-15H2,1H3. The number of hydrogen-bond donors (Lipinski definition) is 0. The highest BCUT2D eigenvalue weighted by Crippen LogP contribution is 2.14. The van der Waals surface area contributed by atoms with Crippen molar-refractivity contribution in [2.24, 2.45) is 0 Å². The molecule has 0 atom stereocenters. The molecule has 1 fully saturated rings. The number of carbonyl (C=O) groups is 2. The third-order valence-electron chi connectivity index (χ3n) is 5.08. The van der Waals surface area contributed by atoms with Gasteiger partial charge in [0.1, 0.15) is 5.82 Å². The summed E-state index contributed by atoms with van der Waals surface area (Å²) < 4.78 is 13.4. The Morgan fingerprint density at radius 1 is 0.963 bits per heavy atom. The first kappa shape index (κ1) is 19.1. The second-order valence-electron chi connectivity index (χ2n) is 6.96. The van der Waals surface area contributed by atoms with Crippen molar-refractivity contribution in [2.75, 3.05) is 26.2 Å². The Morgan fingerprint density at radius 2 is 1.70 bits per heavy atom. The van der Waals surface area contributed by atoms with Crippen LogP contribution in [-0.2, 0) is 11.2 Å². The van der Waals surface area contributed by atoms with Crippen LogP contribution in [0.1, 0.15) is 34.3 Å². The van der Waals surface area contributed by atoms with Gasteiger partial charge in [0.05, 0.1) is 0 Å². The summed E-state index contributed by atoms with van der Waals surface area (Å²) in [6, 6.07) is 13.9. The zero-order valence-electron chi connectivity index (χ0n) is 15.7. The number of benzene rings is 2. The van der Waals surface area contributed by atoms with Crippen molar-refractivity contribution >= 4 is 11.8 Å². The highest BCUT2D eigenvalue weighted by Gasteiger charge is 2.23. The average molecular weight is 368 g/mol. The number of halogens is 1. The molecule has 0 aliphatic carbocycles. The topological polar surface area (TPSA) is 40.6 Å². The Balaban J connectivity index is 1.55. The van der Waals surface area contributed by atoms with Crippen LogP contribution in [0.3, 0.4) is 0 Å². The molecule has 1 aliphatic rings. The molecule has 0 N–H and O–H groups in total. The Kier molecular flexibility index (Phi) is 6.22. The Labute approximate surface area is 159 Å². The lowest BCUT2D eigenvalue weighted by Gasteiger charge is -2.22. The van der Waals surface area contributed by atoms with E-state index >= 15 is 0 Å². The summed E-state index contributed by atoms with van der Waals surface area (Å²) in [5, 5.41) is 0. The first-order chi connectivity index (χ1) is 13.0. The van der Waals surface area contributed by atoms with Crippen LogP contribution in [0.2, 0.25) is 0 Å². The van der Waals surface area contributed by atoms with Gasteiger partial charge in [0.15, 0.2) is 0 Å². The predicted octanol–water partition coefficient (Wildman–Crippen LogP) is 3.44. The highest BCUT2D eigenvalue weighted by atomic mass is 19.1. The zero-order valence-corrected chi connectivity index (χ0v) is 15.7. The summed E-state index contributed by atoms with van der Waals surface area (Å²) in [5.74, 6) is -0.467. The molecule has 4 nitrogen and oxygen atoms in total. The number of nitrogens with zero attached hydrogens (tertiary/aromatic N) is 2. The summed E-state index contributed by atoms with van der Waals surface area (Å²) in [5.41, 5.74) is 2.76. The van der Waals surface area contributed by atoms with Crippen molar-refractivity contribution in [3.8, 4) is 0 Å². The summed E-state index contributed by atoms with van der Waals surface area (Å²) >= 11 is 0. The van der Waals surface area contributed by atoms with Crippen LogP contribution in [0.4, 0.5) is 4.39 Å². The molecule has 1 heterocycles. The van der Waals surface area contributed by atoms with Crippen LogP contribution in [0.25, 0.3) is 0 Å². The fraction of sp³-hybridized carbons (Fsp3) is 0.364. The van der Waals surface area contributed by atoms with E-state index in [2.05, 4.69) is 19.1 Å². The van der Waals surface area contributed by atoms with Gasteiger partial charge in [-0.05, 0) is 49.1 Å². The maximum absolute atomic E-state index is 13.4. The van der Waals surface area contributed by atoms with Crippen molar-refractivity contribution in [3.05, 3.63) is 71.0 Å². The maximum Gasteiger partial charge on any atom is 0.254 e. The van der Waals surface area contributed by atoms with E-state index in [9.17, 15) is 14.0 Å². The van der Waals surface area contributed by atoms with E-state index in [1.165, 1.54) is 23.3 Å². The minimum absolute atomic E-state index is 0.123. The first-order valence-corrected chi connectivity index (χ1v) is 9.42. The molecule has 1 aliphatic heterocycles. The third-order valence-corrected chi connectivity index (χ3v) is 5.08. The van der Waals surface area contributed by atoms with E-state index in [0.717, 1.165) is 12.8 Å². The second-order valence-corrected chi connectivity index (χ2v) is 6.96. The Bertz CT molecular complexity index is 821. The summed E-state index contributed by atoms with van der Waals surface area (Å²) in [6.45, 7) is 4.29. The molecule has 0 aromatic heterocycles. The lowest BCUT2D eigenvalue weighted by molar-refractivity contribution is -0.131. The van der Waals surface area contributed by atoms with Gasteiger partial charge in [-0.2, -0.15) is 0 Å². The largest absolute Gasteiger partial charge is 0.341 e. The fourth-order valence-electron chi connectivity index (χ4n) is 3.46. The molecule has 0 unspecified atom stereocenters. The van der Waals surface area contributed by atoms with Gasteiger partial charge in [-0.3, -0.25) is 9.59 Å². The Morgan fingerprint density at radius 3 is 2.48 bits per heavy atom. The molecular formula is C22H25FN2O2. The molecule has 3 rings (SSSR count). The third kappa shape index (κ3) is 4.94.